The number of fused-ring (bicyclic) bond motifs is 1. The van der Waals surface area contributed by atoms with Crippen LogP contribution in [0.25, 0.3) is 10.9 Å². The standard InChI is InChI=1S/C25H20ClF2N3O2S/c26-17-1-10-23-22(15-17)25(24(16-29-23)34(32,33)21-8-4-19(28)5-9-21)31-13-11-30(12-14-31)20-6-2-18(27)3-7-20/h1-10,15-16H,11-14H2. The fourth-order valence-corrected chi connectivity index (χ4v) is 5.84. The molecule has 5 nitrogen and oxygen atoms in total. The maximum atomic E-state index is 13.6. The molecule has 174 valence electrons. The first-order chi connectivity index (χ1) is 16.3. The van der Waals surface area contributed by atoms with Gasteiger partial charge in [-0.3, -0.25) is 4.98 Å². The molecular formula is C25H20ClF2N3O2S. The molecule has 5 rings (SSSR count). The largest absolute Gasteiger partial charge is 0.368 e. The van der Waals surface area contributed by atoms with Crippen molar-refractivity contribution >= 4 is 43.7 Å². The number of piperazine rings is 1. The minimum atomic E-state index is -3.98. The first-order valence-corrected chi connectivity index (χ1v) is 12.5. The molecule has 0 radical (unpaired) electrons. The van der Waals surface area contributed by atoms with Gasteiger partial charge in [-0.2, -0.15) is 0 Å². The minimum absolute atomic E-state index is 0.0109. The Bertz CT molecular complexity index is 1450. The van der Waals surface area contributed by atoms with Gasteiger partial charge in [0.2, 0.25) is 9.84 Å². The number of rotatable bonds is 4. The maximum Gasteiger partial charge on any atom is 0.210 e. The Kier molecular flexibility index (Phi) is 5.87. The summed E-state index contributed by atoms with van der Waals surface area (Å²) in [6, 6.07) is 16.3. The van der Waals surface area contributed by atoms with Crippen molar-refractivity contribution < 1.29 is 17.2 Å². The van der Waals surface area contributed by atoms with Crippen molar-refractivity contribution in [1.29, 1.82) is 0 Å². The Morgan fingerprint density at radius 3 is 2.03 bits per heavy atom. The van der Waals surface area contributed by atoms with Crippen LogP contribution in [0.1, 0.15) is 0 Å². The smallest absolute Gasteiger partial charge is 0.210 e. The molecule has 4 aromatic rings. The molecule has 9 heteroatoms. The lowest BCUT2D eigenvalue weighted by Crippen LogP contribution is -2.47. The molecule has 0 atom stereocenters. The van der Waals surface area contributed by atoms with E-state index in [4.69, 9.17) is 11.6 Å². The molecule has 0 bridgehead atoms. The molecule has 0 N–H and O–H groups in total. The highest BCUT2D eigenvalue weighted by Gasteiger charge is 2.29. The van der Waals surface area contributed by atoms with E-state index < -0.39 is 15.7 Å². The van der Waals surface area contributed by atoms with Gasteiger partial charge in [-0.05, 0) is 66.7 Å². The molecule has 0 spiro atoms. The Morgan fingerprint density at radius 1 is 0.794 bits per heavy atom. The van der Waals surface area contributed by atoms with E-state index in [1.54, 1.807) is 30.3 Å². The van der Waals surface area contributed by atoms with Gasteiger partial charge in [0, 0.05) is 48.5 Å². The predicted molar refractivity (Wildman–Crippen MR) is 129 cm³/mol. The molecule has 1 aromatic heterocycles. The van der Waals surface area contributed by atoms with Gasteiger partial charge in [0.05, 0.1) is 16.1 Å². The molecule has 0 unspecified atom stereocenters. The van der Waals surface area contributed by atoms with Gasteiger partial charge in [-0.1, -0.05) is 11.6 Å². The summed E-state index contributed by atoms with van der Waals surface area (Å²) in [5.74, 6) is -0.808. The Hall–Kier alpha value is -3.23. The van der Waals surface area contributed by atoms with Crippen molar-refractivity contribution in [2.24, 2.45) is 0 Å². The maximum absolute atomic E-state index is 13.6. The molecule has 0 aliphatic carbocycles. The van der Waals surface area contributed by atoms with E-state index in [2.05, 4.69) is 9.88 Å². The average molecular weight is 500 g/mol. The van der Waals surface area contributed by atoms with Crippen LogP contribution >= 0.6 is 11.6 Å². The van der Waals surface area contributed by atoms with Gasteiger partial charge < -0.3 is 9.80 Å². The molecule has 1 aliphatic rings. The highest BCUT2D eigenvalue weighted by Crippen LogP contribution is 2.37. The zero-order chi connectivity index (χ0) is 23.9. The lowest BCUT2D eigenvalue weighted by molar-refractivity contribution is 0.592. The highest BCUT2D eigenvalue weighted by molar-refractivity contribution is 7.91. The van der Waals surface area contributed by atoms with Crippen LogP contribution in [0.3, 0.4) is 0 Å². The molecule has 1 saturated heterocycles. The summed E-state index contributed by atoms with van der Waals surface area (Å²) in [6.07, 6.45) is 1.36. The molecule has 2 heterocycles. The highest BCUT2D eigenvalue weighted by atomic mass is 35.5. The SMILES string of the molecule is O=S(=O)(c1ccc(F)cc1)c1cnc2ccc(Cl)cc2c1N1CCN(c2ccc(F)cc2)CC1. The fourth-order valence-electron chi connectivity index (χ4n) is 4.24. The van der Waals surface area contributed by atoms with Crippen LogP contribution in [-0.4, -0.2) is 39.6 Å². The van der Waals surface area contributed by atoms with Gasteiger partial charge in [0.15, 0.2) is 0 Å². The second-order valence-corrected chi connectivity index (χ2v) is 10.4. The van der Waals surface area contributed by atoms with E-state index in [9.17, 15) is 17.2 Å². The normalized spacial score (nSPS) is 14.6. The second-order valence-electron chi connectivity index (χ2n) is 8.04. The van der Waals surface area contributed by atoms with Crippen LogP contribution in [0, 0.1) is 11.6 Å². The molecular weight excluding hydrogens is 480 g/mol. The minimum Gasteiger partial charge on any atom is -0.368 e. The van der Waals surface area contributed by atoms with Crippen LogP contribution in [-0.2, 0) is 9.84 Å². The van der Waals surface area contributed by atoms with Crippen molar-refractivity contribution in [1.82, 2.24) is 4.98 Å². The van der Waals surface area contributed by atoms with Gasteiger partial charge in [0.25, 0.3) is 0 Å². The number of hydrogen-bond donors (Lipinski definition) is 0. The Balaban J connectivity index is 1.57. The number of sulfone groups is 1. The molecule has 1 aliphatic heterocycles. The average Bonchev–Trinajstić information content (AvgIpc) is 2.84. The van der Waals surface area contributed by atoms with E-state index in [0.29, 0.717) is 47.8 Å². The van der Waals surface area contributed by atoms with E-state index in [1.165, 1.54) is 30.5 Å². The zero-order valence-electron chi connectivity index (χ0n) is 18.0. The summed E-state index contributed by atoms with van der Waals surface area (Å²) < 4.78 is 53.9. The zero-order valence-corrected chi connectivity index (χ0v) is 19.5. The topological polar surface area (TPSA) is 53.5 Å². The van der Waals surface area contributed by atoms with Crippen molar-refractivity contribution in [3.63, 3.8) is 0 Å². The molecule has 34 heavy (non-hydrogen) atoms. The molecule has 0 amide bonds. The van der Waals surface area contributed by atoms with Crippen LogP contribution in [0.15, 0.2) is 82.7 Å². The van der Waals surface area contributed by atoms with Crippen LogP contribution in [0.5, 0.6) is 0 Å². The summed E-state index contributed by atoms with van der Waals surface area (Å²) >= 11 is 6.27. The van der Waals surface area contributed by atoms with Crippen molar-refractivity contribution in [3.8, 4) is 0 Å². The quantitative estimate of drug-likeness (QED) is 0.355. The Labute approximate surface area is 201 Å². The van der Waals surface area contributed by atoms with Gasteiger partial charge in [-0.25, -0.2) is 17.2 Å². The second kappa shape index (κ2) is 8.85. The lowest BCUT2D eigenvalue weighted by Gasteiger charge is -2.38. The third-order valence-corrected chi connectivity index (χ3v) is 7.97. The van der Waals surface area contributed by atoms with Crippen molar-refractivity contribution in [2.45, 2.75) is 9.79 Å². The third-order valence-electron chi connectivity index (χ3n) is 5.97. The number of anilines is 2. The number of aromatic nitrogens is 1. The van der Waals surface area contributed by atoms with E-state index in [1.807, 2.05) is 4.90 Å². The van der Waals surface area contributed by atoms with Crippen LogP contribution in [0.4, 0.5) is 20.2 Å². The summed E-state index contributed by atoms with van der Waals surface area (Å²) in [7, 11) is -3.98. The van der Waals surface area contributed by atoms with Crippen LogP contribution < -0.4 is 9.80 Å². The van der Waals surface area contributed by atoms with Gasteiger partial charge >= 0.3 is 0 Å². The van der Waals surface area contributed by atoms with E-state index >= 15 is 0 Å². The number of nitrogens with zero attached hydrogens (tertiary/aromatic N) is 3. The third kappa shape index (κ3) is 4.19. The number of pyridine rings is 1. The van der Waals surface area contributed by atoms with Crippen molar-refractivity contribution in [2.75, 3.05) is 36.0 Å². The van der Waals surface area contributed by atoms with Gasteiger partial charge in [-0.15, -0.1) is 0 Å². The molecule has 3 aromatic carbocycles. The van der Waals surface area contributed by atoms with Crippen molar-refractivity contribution in [3.05, 3.63) is 89.6 Å². The molecule has 1 fully saturated rings. The Morgan fingerprint density at radius 2 is 1.38 bits per heavy atom. The van der Waals surface area contributed by atoms with Crippen LogP contribution in [0.2, 0.25) is 5.02 Å². The van der Waals surface area contributed by atoms with Gasteiger partial charge in [0.1, 0.15) is 16.5 Å². The van der Waals surface area contributed by atoms with E-state index in [-0.39, 0.29) is 15.6 Å². The summed E-state index contributed by atoms with van der Waals surface area (Å²) in [5.41, 5.74) is 2.05. The first-order valence-electron chi connectivity index (χ1n) is 10.7. The fraction of sp³-hybridized carbons (Fsp3) is 0.160. The predicted octanol–water partition coefficient (Wildman–Crippen LogP) is 5.33. The first kappa shape index (κ1) is 22.6. The summed E-state index contributed by atoms with van der Waals surface area (Å²) in [4.78, 5) is 8.54. The van der Waals surface area contributed by atoms with E-state index in [0.717, 1.165) is 17.8 Å². The lowest BCUT2D eigenvalue weighted by atomic mass is 10.1. The summed E-state index contributed by atoms with van der Waals surface area (Å²) in [5, 5.41) is 1.10. The number of halogens is 3. The number of hydrogen-bond acceptors (Lipinski definition) is 5. The summed E-state index contributed by atoms with van der Waals surface area (Å²) in [6.45, 7) is 2.31. The number of benzene rings is 3. The molecule has 0 saturated carbocycles. The monoisotopic (exact) mass is 499 g/mol.